The predicted molar refractivity (Wildman–Crippen MR) is 69.5 cm³/mol. The molecule has 1 N–H and O–H groups in total. The highest BCUT2D eigenvalue weighted by atomic mass is 19.4. The number of pyridine rings is 1. The van der Waals surface area contributed by atoms with Gasteiger partial charge in [0.15, 0.2) is 11.4 Å². The van der Waals surface area contributed by atoms with Crippen molar-refractivity contribution in [3.05, 3.63) is 30.2 Å². The van der Waals surface area contributed by atoms with Gasteiger partial charge in [0.2, 0.25) is 0 Å². The van der Waals surface area contributed by atoms with Crippen LogP contribution in [0.1, 0.15) is 10.5 Å². The second kappa shape index (κ2) is 5.38. The summed E-state index contributed by atoms with van der Waals surface area (Å²) in [5, 5.41) is 6.56. The van der Waals surface area contributed by atoms with Crippen LogP contribution in [-0.4, -0.2) is 39.4 Å². The number of nitrogens with zero attached hydrogens (tertiary/aromatic N) is 3. The van der Waals surface area contributed by atoms with Crippen LogP contribution in [0.2, 0.25) is 0 Å². The number of hydrogen-bond acceptors (Lipinski definition) is 5. The summed E-state index contributed by atoms with van der Waals surface area (Å²) in [5.74, 6) is -3.59. The molecule has 0 fully saturated rings. The van der Waals surface area contributed by atoms with Crippen LogP contribution in [0.3, 0.4) is 0 Å². The van der Waals surface area contributed by atoms with Crippen LogP contribution in [0.4, 0.5) is 13.2 Å². The molecule has 0 atom stereocenters. The van der Waals surface area contributed by atoms with Crippen molar-refractivity contribution in [3.63, 3.8) is 0 Å². The Morgan fingerprint density at radius 1 is 1.30 bits per heavy atom. The molecule has 2 aromatic heterocycles. The Kier molecular flexibility index (Phi) is 3.51. The third-order valence-corrected chi connectivity index (χ3v) is 3.11. The lowest BCUT2D eigenvalue weighted by molar-refractivity contribution is -0.189. The van der Waals surface area contributed by atoms with E-state index in [0.29, 0.717) is 5.56 Å². The van der Waals surface area contributed by atoms with Gasteiger partial charge in [-0.1, -0.05) is 0 Å². The van der Waals surface area contributed by atoms with E-state index in [9.17, 15) is 22.8 Å². The van der Waals surface area contributed by atoms with Crippen LogP contribution in [0.5, 0.6) is 5.75 Å². The zero-order chi connectivity index (χ0) is 16.6. The molecule has 1 aliphatic heterocycles. The topological polar surface area (TPSA) is 86.1 Å². The van der Waals surface area contributed by atoms with E-state index in [1.807, 2.05) is 0 Å². The first kappa shape index (κ1) is 15.0. The molecule has 0 saturated carbocycles. The normalized spacial score (nSPS) is 14.1. The Morgan fingerprint density at radius 2 is 2.00 bits per heavy atom. The molecule has 0 aromatic carbocycles. The van der Waals surface area contributed by atoms with Crippen LogP contribution in [0.15, 0.2) is 24.5 Å². The van der Waals surface area contributed by atoms with Crippen LogP contribution >= 0.6 is 0 Å². The van der Waals surface area contributed by atoms with Gasteiger partial charge >= 0.3 is 12.1 Å². The van der Waals surface area contributed by atoms with Crippen LogP contribution in [0, 0.1) is 0 Å². The summed E-state index contributed by atoms with van der Waals surface area (Å²) in [4.78, 5) is 26.9. The highest BCUT2D eigenvalue weighted by Gasteiger charge is 2.43. The van der Waals surface area contributed by atoms with Gasteiger partial charge in [0.05, 0.1) is 6.54 Å². The SMILES string of the molecule is O=C1NCCn2nc(-c3ccncc3)c(OC(=O)C(F)(F)F)c21. The fourth-order valence-electron chi connectivity index (χ4n) is 2.13. The van der Waals surface area contributed by atoms with Gasteiger partial charge in [0.25, 0.3) is 5.91 Å². The monoisotopic (exact) mass is 326 g/mol. The summed E-state index contributed by atoms with van der Waals surface area (Å²) in [6.45, 7) is 0.526. The number of nitrogens with one attached hydrogen (secondary N) is 1. The van der Waals surface area contributed by atoms with Crippen LogP contribution < -0.4 is 10.1 Å². The Balaban J connectivity index is 2.13. The minimum Gasteiger partial charge on any atom is -0.415 e. The smallest absolute Gasteiger partial charge is 0.415 e. The molecule has 0 aliphatic carbocycles. The molecule has 1 aliphatic rings. The van der Waals surface area contributed by atoms with E-state index in [4.69, 9.17) is 0 Å². The fourth-order valence-corrected chi connectivity index (χ4v) is 2.13. The van der Waals surface area contributed by atoms with E-state index in [2.05, 4.69) is 20.1 Å². The Morgan fingerprint density at radius 3 is 2.65 bits per heavy atom. The number of fused-ring (bicyclic) bond motifs is 1. The Hall–Kier alpha value is -2.91. The maximum atomic E-state index is 12.5. The largest absolute Gasteiger partial charge is 0.491 e. The lowest BCUT2D eigenvalue weighted by Crippen LogP contribution is -2.36. The number of rotatable bonds is 2. The molecular formula is C13H9F3N4O3. The van der Waals surface area contributed by atoms with Crippen molar-refractivity contribution in [2.45, 2.75) is 12.7 Å². The van der Waals surface area contributed by atoms with Gasteiger partial charge in [-0.2, -0.15) is 18.3 Å². The highest BCUT2D eigenvalue weighted by Crippen LogP contribution is 2.34. The maximum absolute atomic E-state index is 12.5. The number of carbonyl (C=O) groups is 2. The number of amides is 1. The zero-order valence-corrected chi connectivity index (χ0v) is 11.4. The Labute approximate surface area is 127 Å². The summed E-state index contributed by atoms with van der Waals surface area (Å²) in [6.07, 6.45) is -2.37. The summed E-state index contributed by atoms with van der Waals surface area (Å²) in [5.41, 5.74) is 0.123. The summed E-state index contributed by atoms with van der Waals surface area (Å²) in [7, 11) is 0. The molecule has 2 aromatic rings. The van der Waals surface area contributed by atoms with Gasteiger partial charge in [0, 0.05) is 24.5 Å². The standard InChI is InChI=1S/C13H9F3N4O3/c14-13(15,16)12(22)23-10-8(7-1-3-17-4-2-7)19-20-6-5-18-11(21)9(10)20/h1-4H,5-6H2,(H,18,21). The van der Waals surface area contributed by atoms with Crippen molar-refractivity contribution < 1.29 is 27.5 Å². The zero-order valence-electron chi connectivity index (χ0n) is 11.4. The van der Waals surface area contributed by atoms with E-state index in [0.717, 1.165) is 0 Å². The summed E-state index contributed by atoms with van der Waals surface area (Å²) >= 11 is 0. The van der Waals surface area contributed by atoms with Gasteiger partial charge in [-0.05, 0) is 12.1 Å². The van der Waals surface area contributed by atoms with Gasteiger partial charge in [-0.25, -0.2) is 4.79 Å². The number of esters is 1. The lowest BCUT2D eigenvalue weighted by Gasteiger charge is -2.15. The van der Waals surface area contributed by atoms with Gasteiger partial charge in [-0.15, -0.1) is 0 Å². The first-order valence-corrected chi connectivity index (χ1v) is 6.46. The first-order chi connectivity index (χ1) is 10.9. The average molecular weight is 326 g/mol. The quantitative estimate of drug-likeness (QED) is 0.837. The van der Waals surface area contributed by atoms with Crippen molar-refractivity contribution >= 4 is 11.9 Å². The molecule has 0 radical (unpaired) electrons. The molecule has 7 nitrogen and oxygen atoms in total. The number of ether oxygens (including phenoxy) is 1. The molecule has 120 valence electrons. The van der Waals surface area contributed by atoms with E-state index < -0.39 is 23.8 Å². The number of aromatic nitrogens is 3. The van der Waals surface area contributed by atoms with Crippen molar-refractivity contribution in [3.8, 4) is 17.0 Å². The van der Waals surface area contributed by atoms with Gasteiger partial charge < -0.3 is 10.1 Å². The molecule has 3 rings (SSSR count). The maximum Gasteiger partial charge on any atom is 0.491 e. The number of hydrogen-bond donors (Lipinski definition) is 1. The van der Waals surface area contributed by atoms with Crippen molar-refractivity contribution in [1.29, 1.82) is 0 Å². The molecule has 3 heterocycles. The molecule has 0 bridgehead atoms. The minimum atomic E-state index is -5.19. The Bertz CT molecular complexity index is 771. The number of halogens is 3. The van der Waals surface area contributed by atoms with Gasteiger partial charge in [0.1, 0.15) is 5.69 Å². The molecule has 23 heavy (non-hydrogen) atoms. The van der Waals surface area contributed by atoms with E-state index in [1.165, 1.54) is 29.2 Å². The minimum absolute atomic E-state index is 0.0305. The molecule has 10 heteroatoms. The average Bonchev–Trinajstić information content (AvgIpc) is 2.87. The van der Waals surface area contributed by atoms with Crippen molar-refractivity contribution in [2.75, 3.05) is 6.54 Å². The summed E-state index contributed by atoms with van der Waals surface area (Å²) in [6, 6.07) is 2.97. The number of carbonyl (C=O) groups excluding carboxylic acids is 2. The molecule has 1 amide bonds. The third kappa shape index (κ3) is 2.74. The van der Waals surface area contributed by atoms with Crippen LogP contribution in [0.25, 0.3) is 11.3 Å². The number of alkyl halides is 3. The van der Waals surface area contributed by atoms with E-state index >= 15 is 0 Å². The fraction of sp³-hybridized carbons (Fsp3) is 0.231. The molecule has 0 saturated heterocycles. The first-order valence-electron chi connectivity index (χ1n) is 6.46. The van der Waals surface area contributed by atoms with Crippen molar-refractivity contribution in [2.24, 2.45) is 0 Å². The highest BCUT2D eigenvalue weighted by molar-refractivity contribution is 5.99. The van der Waals surface area contributed by atoms with Crippen LogP contribution in [-0.2, 0) is 11.3 Å². The third-order valence-electron chi connectivity index (χ3n) is 3.11. The van der Waals surface area contributed by atoms with Gasteiger partial charge in [-0.3, -0.25) is 14.5 Å². The second-order valence-electron chi connectivity index (χ2n) is 4.63. The molecule has 0 spiro atoms. The molecule has 0 unspecified atom stereocenters. The lowest BCUT2D eigenvalue weighted by atomic mass is 10.1. The predicted octanol–water partition coefficient (Wildman–Crippen LogP) is 1.16. The van der Waals surface area contributed by atoms with E-state index in [-0.39, 0.29) is 24.5 Å². The van der Waals surface area contributed by atoms with Crippen molar-refractivity contribution in [1.82, 2.24) is 20.1 Å². The summed E-state index contributed by atoms with van der Waals surface area (Å²) < 4.78 is 43.1. The second-order valence-corrected chi connectivity index (χ2v) is 4.63. The van der Waals surface area contributed by atoms with E-state index in [1.54, 1.807) is 0 Å². The molecular weight excluding hydrogens is 317 g/mol.